The van der Waals surface area contributed by atoms with Crippen molar-refractivity contribution >= 4 is 23.1 Å². The number of benzene rings is 1. The summed E-state index contributed by atoms with van der Waals surface area (Å²) in [5.74, 6) is 0.998. The molecule has 0 spiro atoms. The van der Waals surface area contributed by atoms with Gasteiger partial charge in [-0.05, 0) is 30.5 Å². The molecule has 1 heterocycles. The van der Waals surface area contributed by atoms with Crippen LogP contribution in [0.1, 0.15) is 43.6 Å². The minimum absolute atomic E-state index is 0.209. The number of rotatable bonds is 5. The molecule has 1 atom stereocenters. The van der Waals surface area contributed by atoms with Gasteiger partial charge in [0.15, 0.2) is 0 Å². The molecule has 0 aliphatic carbocycles. The van der Waals surface area contributed by atoms with Gasteiger partial charge in [0.1, 0.15) is 4.34 Å². The van der Waals surface area contributed by atoms with Gasteiger partial charge in [0, 0.05) is 22.9 Å². The van der Waals surface area contributed by atoms with Crippen molar-refractivity contribution in [3.63, 3.8) is 0 Å². The second-order valence-corrected chi connectivity index (χ2v) is 8.40. The van der Waals surface area contributed by atoms with Crippen LogP contribution < -0.4 is 5.32 Å². The van der Waals surface area contributed by atoms with Gasteiger partial charge in [0.2, 0.25) is 0 Å². The van der Waals surface area contributed by atoms with E-state index in [9.17, 15) is 0 Å². The molecule has 0 bridgehead atoms. The zero-order valence-electron chi connectivity index (χ0n) is 13.4. The van der Waals surface area contributed by atoms with E-state index in [1.807, 2.05) is 25.7 Å². The Morgan fingerprint density at radius 3 is 2.38 bits per heavy atom. The number of nitrogens with one attached hydrogen (secondary N) is 1. The van der Waals surface area contributed by atoms with Crippen LogP contribution in [0.15, 0.2) is 34.0 Å². The third-order valence-corrected chi connectivity index (χ3v) is 5.73. The van der Waals surface area contributed by atoms with Gasteiger partial charge in [-0.1, -0.05) is 56.8 Å². The fraction of sp³-hybridized carbons (Fsp3) is 0.471. The Bertz CT molecular complexity index is 567. The first-order chi connectivity index (χ1) is 9.90. The van der Waals surface area contributed by atoms with Crippen LogP contribution in [0.25, 0.3) is 0 Å². The molecular weight excluding hydrogens is 296 g/mol. The minimum atomic E-state index is 0.209. The van der Waals surface area contributed by atoms with Crippen LogP contribution in [0.3, 0.4) is 0 Å². The molecule has 0 saturated carbocycles. The van der Waals surface area contributed by atoms with Gasteiger partial charge in [0.25, 0.3) is 0 Å². The Hall–Kier alpha value is -0.840. The Balaban J connectivity index is 2.03. The third-order valence-electron chi connectivity index (χ3n) is 3.50. The molecule has 2 aromatic rings. The smallest absolute Gasteiger partial charge is 0.150 e. The fourth-order valence-electron chi connectivity index (χ4n) is 2.11. The summed E-state index contributed by atoms with van der Waals surface area (Å²) in [6, 6.07) is 9.34. The van der Waals surface area contributed by atoms with Crippen LogP contribution in [0.2, 0.25) is 0 Å². The Kier molecular flexibility index (Phi) is 5.47. The van der Waals surface area contributed by atoms with Gasteiger partial charge < -0.3 is 5.32 Å². The largest absolute Gasteiger partial charge is 0.312 e. The highest BCUT2D eigenvalue weighted by molar-refractivity contribution is 8.01. The lowest BCUT2D eigenvalue weighted by Crippen LogP contribution is -2.19. The molecule has 0 radical (unpaired) electrons. The number of nitrogens with zero attached hydrogens (tertiary/aromatic N) is 1. The number of aryl methyl sites for hydroxylation is 1. The van der Waals surface area contributed by atoms with Gasteiger partial charge >= 0.3 is 0 Å². The molecule has 0 aliphatic heterocycles. The SMILES string of the molecule is CNC(CSc1nc(C)cs1)c1ccc(C(C)(C)C)cc1. The Labute approximate surface area is 136 Å². The lowest BCUT2D eigenvalue weighted by atomic mass is 9.86. The van der Waals surface area contributed by atoms with Crippen LogP contribution in [0.4, 0.5) is 0 Å². The van der Waals surface area contributed by atoms with E-state index in [4.69, 9.17) is 0 Å². The average Bonchev–Trinajstić information content (AvgIpc) is 2.85. The van der Waals surface area contributed by atoms with Gasteiger partial charge in [-0.25, -0.2) is 4.98 Å². The van der Waals surface area contributed by atoms with Gasteiger partial charge in [-0.2, -0.15) is 0 Å². The van der Waals surface area contributed by atoms with Crippen LogP contribution in [-0.2, 0) is 5.41 Å². The van der Waals surface area contributed by atoms with E-state index in [1.165, 1.54) is 11.1 Å². The quantitative estimate of drug-likeness (QED) is 0.801. The molecule has 114 valence electrons. The first-order valence-electron chi connectivity index (χ1n) is 7.23. The lowest BCUT2D eigenvalue weighted by Gasteiger charge is -2.21. The van der Waals surface area contributed by atoms with E-state index in [1.54, 1.807) is 11.3 Å². The summed E-state index contributed by atoms with van der Waals surface area (Å²) < 4.78 is 1.15. The summed E-state index contributed by atoms with van der Waals surface area (Å²) in [6.07, 6.45) is 0. The highest BCUT2D eigenvalue weighted by Gasteiger charge is 2.15. The molecule has 1 unspecified atom stereocenters. The highest BCUT2D eigenvalue weighted by Crippen LogP contribution is 2.28. The van der Waals surface area contributed by atoms with E-state index < -0.39 is 0 Å². The fourth-order valence-corrected chi connectivity index (χ4v) is 4.13. The topological polar surface area (TPSA) is 24.9 Å². The normalized spacial score (nSPS) is 13.4. The second kappa shape index (κ2) is 6.95. The summed E-state index contributed by atoms with van der Waals surface area (Å²) >= 11 is 3.55. The van der Waals surface area contributed by atoms with E-state index in [-0.39, 0.29) is 5.41 Å². The number of aromatic nitrogens is 1. The zero-order chi connectivity index (χ0) is 15.5. The van der Waals surface area contributed by atoms with E-state index in [0.29, 0.717) is 6.04 Å². The maximum Gasteiger partial charge on any atom is 0.150 e. The third kappa shape index (κ3) is 4.56. The van der Waals surface area contributed by atoms with Gasteiger partial charge in [-0.15, -0.1) is 11.3 Å². The molecule has 0 fully saturated rings. The van der Waals surface area contributed by atoms with Crippen molar-refractivity contribution in [2.45, 2.75) is 43.5 Å². The summed E-state index contributed by atoms with van der Waals surface area (Å²) in [6.45, 7) is 8.79. The van der Waals surface area contributed by atoms with Crippen LogP contribution in [-0.4, -0.2) is 17.8 Å². The predicted octanol–water partition coefficient (Wildman–Crippen LogP) is 4.80. The summed E-state index contributed by atoms with van der Waals surface area (Å²) in [7, 11) is 2.02. The first-order valence-corrected chi connectivity index (χ1v) is 9.09. The number of hydrogen-bond donors (Lipinski definition) is 1. The molecular formula is C17H24N2S2. The van der Waals surface area contributed by atoms with Crippen molar-refractivity contribution in [1.29, 1.82) is 0 Å². The van der Waals surface area contributed by atoms with E-state index in [2.05, 4.69) is 60.7 Å². The van der Waals surface area contributed by atoms with Crippen molar-refractivity contribution in [2.75, 3.05) is 12.8 Å². The molecule has 0 aliphatic rings. The zero-order valence-corrected chi connectivity index (χ0v) is 15.1. The number of thioether (sulfide) groups is 1. The van der Waals surface area contributed by atoms with Crippen LogP contribution >= 0.6 is 23.1 Å². The summed E-state index contributed by atoms with van der Waals surface area (Å²) in [4.78, 5) is 4.51. The molecule has 2 nitrogen and oxygen atoms in total. The molecule has 21 heavy (non-hydrogen) atoms. The molecule has 1 aromatic carbocycles. The second-order valence-electron chi connectivity index (χ2n) is 6.28. The molecule has 4 heteroatoms. The molecule has 0 saturated heterocycles. The lowest BCUT2D eigenvalue weighted by molar-refractivity contribution is 0.588. The number of hydrogen-bond acceptors (Lipinski definition) is 4. The van der Waals surface area contributed by atoms with Crippen molar-refractivity contribution in [2.24, 2.45) is 0 Å². The average molecular weight is 321 g/mol. The minimum Gasteiger partial charge on any atom is -0.312 e. The molecule has 0 amide bonds. The summed E-state index contributed by atoms with van der Waals surface area (Å²) in [5, 5.41) is 5.52. The Morgan fingerprint density at radius 1 is 1.24 bits per heavy atom. The predicted molar refractivity (Wildman–Crippen MR) is 94.5 cm³/mol. The number of thiazole rings is 1. The van der Waals surface area contributed by atoms with Gasteiger partial charge in [-0.3, -0.25) is 0 Å². The monoisotopic (exact) mass is 320 g/mol. The molecule has 1 aromatic heterocycles. The van der Waals surface area contributed by atoms with Crippen molar-refractivity contribution in [1.82, 2.24) is 10.3 Å². The Morgan fingerprint density at radius 2 is 1.90 bits per heavy atom. The van der Waals surface area contributed by atoms with Crippen molar-refractivity contribution < 1.29 is 0 Å². The summed E-state index contributed by atoms with van der Waals surface area (Å²) in [5.41, 5.74) is 4.04. The van der Waals surface area contributed by atoms with E-state index >= 15 is 0 Å². The van der Waals surface area contributed by atoms with Crippen molar-refractivity contribution in [3.8, 4) is 0 Å². The molecule has 2 rings (SSSR count). The highest BCUT2D eigenvalue weighted by atomic mass is 32.2. The van der Waals surface area contributed by atoms with Crippen LogP contribution in [0, 0.1) is 6.92 Å². The van der Waals surface area contributed by atoms with Crippen LogP contribution in [0.5, 0.6) is 0 Å². The molecule has 1 N–H and O–H groups in total. The first kappa shape index (κ1) is 16.5. The van der Waals surface area contributed by atoms with E-state index in [0.717, 1.165) is 15.8 Å². The standard InChI is InChI=1S/C17H24N2S2/c1-12-10-20-16(19-12)21-11-15(18-5)13-6-8-14(9-7-13)17(2,3)4/h6-10,15,18H,11H2,1-5H3. The maximum atomic E-state index is 4.51. The van der Waals surface area contributed by atoms with Gasteiger partial charge in [0.05, 0.1) is 0 Å². The van der Waals surface area contributed by atoms with Crippen molar-refractivity contribution in [3.05, 3.63) is 46.5 Å². The maximum absolute atomic E-state index is 4.51.